The lowest BCUT2D eigenvalue weighted by molar-refractivity contribution is -0.151. The number of carbonyl (C=O) groups is 2. The van der Waals surface area contributed by atoms with Crippen molar-refractivity contribution in [2.45, 2.75) is 166 Å². The van der Waals surface area contributed by atoms with Gasteiger partial charge >= 0.3 is 0 Å². The highest BCUT2D eigenvalue weighted by atomic mass is 19.1. The van der Waals surface area contributed by atoms with Crippen molar-refractivity contribution >= 4 is 11.8 Å². The van der Waals surface area contributed by atoms with Crippen molar-refractivity contribution in [2.24, 2.45) is 10.8 Å². The van der Waals surface area contributed by atoms with Crippen molar-refractivity contribution in [3.63, 3.8) is 0 Å². The zero-order valence-corrected chi connectivity index (χ0v) is 41.8. The van der Waals surface area contributed by atoms with Crippen LogP contribution in [0.15, 0.2) is 57.6 Å². The molecule has 8 aliphatic rings. The first-order valence-electron chi connectivity index (χ1n) is 26.4. The first-order valence-corrected chi connectivity index (χ1v) is 26.4. The molecule has 0 N–H and O–H groups in total. The van der Waals surface area contributed by atoms with Gasteiger partial charge in [0.15, 0.2) is 11.3 Å². The van der Waals surface area contributed by atoms with Gasteiger partial charge in [-0.2, -0.15) is 0 Å². The minimum Gasteiger partial charge on any atom is -0.488 e. The Balaban J connectivity index is 0.000000152. The van der Waals surface area contributed by atoms with Crippen molar-refractivity contribution < 1.29 is 36.9 Å². The predicted octanol–water partition coefficient (Wildman–Crippen LogP) is 9.87. The smallest absolute Gasteiger partial charge is 0.260 e. The van der Waals surface area contributed by atoms with Crippen LogP contribution in [0.1, 0.15) is 147 Å². The van der Waals surface area contributed by atoms with E-state index in [1.807, 2.05) is 39.8 Å². The molecule has 70 heavy (non-hydrogen) atoms. The Bertz CT molecular complexity index is 2330. The average molecular weight is 963 g/mol. The quantitative estimate of drug-likeness (QED) is 0.136. The number of hydrogen-bond acceptors (Lipinski definition) is 10. The van der Waals surface area contributed by atoms with Gasteiger partial charge in [0.1, 0.15) is 36.2 Å². The molecule has 376 valence electrons. The summed E-state index contributed by atoms with van der Waals surface area (Å²) in [4.78, 5) is 33.5. The van der Waals surface area contributed by atoms with Gasteiger partial charge in [0.25, 0.3) is 11.8 Å². The number of rotatable bonds is 12. The van der Waals surface area contributed by atoms with E-state index in [9.17, 15) is 18.4 Å². The van der Waals surface area contributed by atoms with Gasteiger partial charge in [-0.05, 0) is 179 Å². The normalized spacial score (nSPS) is 25.6. The number of aryl methyl sites for hydroxylation is 4. The van der Waals surface area contributed by atoms with E-state index < -0.39 is 11.3 Å². The molecule has 2 atom stereocenters. The molecule has 4 aliphatic heterocycles. The third kappa shape index (κ3) is 9.40. The average Bonchev–Trinajstić information content (AvgIpc) is 4.02. The Kier molecular flexibility index (Phi) is 12.7. The van der Waals surface area contributed by atoms with E-state index in [1.54, 1.807) is 9.80 Å². The Morgan fingerprint density at radius 1 is 0.571 bits per heavy atom. The minimum absolute atomic E-state index is 0.237. The highest BCUT2D eigenvalue weighted by Gasteiger charge is 2.60. The zero-order valence-electron chi connectivity index (χ0n) is 41.8. The summed E-state index contributed by atoms with van der Waals surface area (Å²) in [7, 11) is 0. The molecule has 0 unspecified atom stereocenters. The maximum Gasteiger partial charge on any atom is 0.260 e. The number of halogens is 2. The number of benzene rings is 2. The molecule has 4 saturated heterocycles. The number of aromatic nitrogens is 2. The minimum atomic E-state index is -1.52. The van der Waals surface area contributed by atoms with E-state index in [1.165, 1.54) is 36.8 Å². The van der Waals surface area contributed by atoms with Gasteiger partial charge in [0.05, 0.1) is 22.5 Å². The highest BCUT2D eigenvalue weighted by Crippen LogP contribution is 2.53. The van der Waals surface area contributed by atoms with Crippen molar-refractivity contribution in [3.05, 3.63) is 93.7 Å². The van der Waals surface area contributed by atoms with Crippen LogP contribution in [0.25, 0.3) is 0 Å². The summed E-state index contributed by atoms with van der Waals surface area (Å²) in [5.74, 6) is 4.07. The van der Waals surface area contributed by atoms with Crippen LogP contribution in [0.2, 0.25) is 0 Å². The van der Waals surface area contributed by atoms with Crippen LogP contribution in [0, 0.1) is 38.5 Å². The predicted molar refractivity (Wildman–Crippen MR) is 260 cm³/mol. The fourth-order valence-electron chi connectivity index (χ4n) is 13.3. The molecule has 6 heterocycles. The SMILES string of the molecule is Cc1noc(C)c1COc1ccccc1C1CCN([C@@H]2CCC3(C2)CN(C(=O)C2(F)CC2)C3)CC1.Cc1noc(C)c1COc1ccccc1C1CCN([C@H]2CCC3(C2)CN(C(=O)C2(F)CC2)C3)CC1. The van der Waals surface area contributed by atoms with Gasteiger partial charge in [0.2, 0.25) is 0 Å². The number of alkyl halides is 2. The molecule has 4 aromatic rings. The molecule has 8 fully saturated rings. The molecule has 2 aromatic heterocycles. The summed E-state index contributed by atoms with van der Waals surface area (Å²) in [5.41, 5.74) is 3.87. The molecule has 12 nitrogen and oxygen atoms in total. The molecule has 2 spiro atoms. The first kappa shape index (κ1) is 47.5. The number of ether oxygens (including phenoxy) is 2. The van der Waals surface area contributed by atoms with Crippen LogP contribution < -0.4 is 9.47 Å². The second-order valence-electron chi connectivity index (χ2n) is 22.9. The Labute approximate surface area is 411 Å². The van der Waals surface area contributed by atoms with Crippen molar-refractivity contribution in [2.75, 3.05) is 52.4 Å². The Hall–Kier alpha value is -4.82. The van der Waals surface area contributed by atoms with Gasteiger partial charge in [-0.15, -0.1) is 0 Å². The third-order valence-electron chi connectivity index (χ3n) is 18.1. The number of para-hydroxylation sites is 2. The van der Waals surface area contributed by atoms with Crippen LogP contribution in [-0.4, -0.2) is 118 Å². The number of nitrogens with zero attached hydrogens (tertiary/aromatic N) is 6. The summed E-state index contributed by atoms with van der Waals surface area (Å²) in [5, 5.41) is 8.07. The molecule has 4 saturated carbocycles. The molecule has 12 rings (SSSR count). The summed E-state index contributed by atoms with van der Waals surface area (Å²) in [6, 6.07) is 18.1. The molecule has 14 heteroatoms. The van der Waals surface area contributed by atoms with Crippen molar-refractivity contribution in [1.29, 1.82) is 0 Å². The van der Waals surface area contributed by atoms with Crippen LogP contribution in [0.4, 0.5) is 8.78 Å². The van der Waals surface area contributed by atoms with E-state index in [2.05, 4.69) is 56.5 Å². The van der Waals surface area contributed by atoms with E-state index >= 15 is 0 Å². The highest BCUT2D eigenvalue weighted by molar-refractivity contribution is 5.89. The number of amides is 2. The second-order valence-corrected chi connectivity index (χ2v) is 22.9. The summed E-state index contributed by atoms with van der Waals surface area (Å²) >= 11 is 0. The number of likely N-dealkylation sites (tertiary alicyclic amines) is 4. The van der Waals surface area contributed by atoms with Crippen LogP contribution in [-0.2, 0) is 22.8 Å². The van der Waals surface area contributed by atoms with Crippen LogP contribution >= 0.6 is 0 Å². The number of hydrogen-bond donors (Lipinski definition) is 0. The summed E-state index contributed by atoms with van der Waals surface area (Å²) < 4.78 is 51.4. The van der Waals surface area contributed by atoms with Gasteiger partial charge in [-0.1, -0.05) is 46.7 Å². The van der Waals surface area contributed by atoms with E-state index in [0.29, 0.717) is 62.8 Å². The summed E-state index contributed by atoms with van der Waals surface area (Å²) in [6.45, 7) is 16.2. The van der Waals surface area contributed by atoms with E-state index in [4.69, 9.17) is 18.5 Å². The van der Waals surface area contributed by atoms with Gasteiger partial charge in [-0.3, -0.25) is 9.59 Å². The molecule has 0 bridgehead atoms. The van der Waals surface area contributed by atoms with Crippen molar-refractivity contribution in [1.82, 2.24) is 29.9 Å². The van der Waals surface area contributed by atoms with Crippen LogP contribution in [0.5, 0.6) is 11.5 Å². The van der Waals surface area contributed by atoms with Crippen molar-refractivity contribution in [3.8, 4) is 11.5 Å². The standard InChI is InChI=1S/2C28H36FN3O3/c2*1-19-24(20(2)35-30-19)16-34-25-6-4-3-5-23(25)21-8-13-31(14-9-21)22-7-10-27(15-22)17-32(18-27)26(33)28(29)11-12-28/h2*3-6,21-22H,7-18H2,1-2H3/t2*22-/m10/s1. The van der Waals surface area contributed by atoms with Crippen LogP contribution in [0.3, 0.4) is 0 Å². The zero-order chi connectivity index (χ0) is 48.4. The Morgan fingerprint density at radius 3 is 1.29 bits per heavy atom. The largest absolute Gasteiger partial charge is 0.488 e. The molecular formula is C56H72F2N6O6. The van der Waals surface area contributed by atoms with Gasteiger partial charge < -0.3 is 38.1 Å². The van der Waals surface area contributed by atoms with E-state index in [-0.39, 0.29) is 22.6 Å². The summed E-state index contributed by atoms with van der Waals surface area (Å²) in [6.07, 6.45) is 13.2. The number of piperidine rings is 2. The Morgan fingerprint density at radius 2 is 0.943 bits per heavy atom. The molecule has 4 aliphatic carbocycles. The second kappa shape index (κ2) is 18.7. The topological polar surface area (TPSA) is 118 Å². The maximum absolute atomic E-state index is 14.2. The molecule has 2 aromatic carbocycles. The fourth-order valence-corrected chi connectivity index (χ4v) is 13.3. The fraction of sp³-hybridized carbons (Fsp3) is 0.643. The van der Waals surface area contributed by atoms with E-state index in [0.717, 1.165) is 136 Å². The van der Waals surface area contributed by atoms with Gasteiger partial charge in [-0.25, -0.2) is 8.78 Å². The molecular weight excluding hydrogens is 891 g/mol. The lowest BCUT2D eigenvalue weighted by Crippen LogP contribution is -2.60. The maximum atomic E-state index is 14.2. The van der Waals surface area contributed by atoms with Gasteiger partial charge in [0, 0.05) is 49.1 Å². The lowest BCUT2D eigenvalue weighted by Gasteiger charge is -2.49. The number of carbonyl (C=O) groups excluding carboxylic acids is 2. The monoisotopic (exact) mass is 963 g/mol. The molecule has 2 amide bonds. The first-order chi connectivity index (χ1) is 33.7. The third-order valence-corrected chi connectivity index (χ3v) is 18.1. The molecule has 0 radical (unpaired) electrons. The lowest BCUT2D eigenvalue weighted by atomic mass is 9.77.